The normalized spacial score (nSPS) is 19.2. The smallest absolute Gasteiger partial charge is 0.209 e. The SMILES string of the molecule is CC1CN(C(=N)N)N=C1c1ccc(O)cc1O. The van der Waals surface area contributed by atoms with Crippen molar-refractivity contribution in [2.24, 2.45) is 16.8 Å². The summed E-state index contributed by atoms with van der Waals surface area (Å²) in [6.07, 6.45) is 0. The van der Waals surface area contributed by atoms with Gasteiger partial charge in [0.05, 0.1) is 12.3 Å². The molecule has 1 aliphatic heterocycles. The van der Waals surface area contributed by atoms with Gasteiger partial charge in [-0.1, -0.05) is 6.92 Å². The average molecular weight is 234 g/mol. The first-order valence-electron chi connectivity index (χ1n) is 5.21. The highest BCUT2D eigenvalue weighted by atomic mass is 16.3. The molecule has 6 nitrogen and oxygen atoms in total. The molecule has 1 atom stereocenters. The van der Waals surface area contributed by atoms with Gasteiger partial charge in [0.25, 0.3) is 0 Å². The van der Waals surface area contributed by atoms with E-state index in [-0.39, 0.29) is 23.4 Å². The van der Waals surface area contributed by atoms with Crippen LogP contribution in [0.2, 0.25) is 0 Å². The lowest BCUT2D eigenvalue weighted by Gasteiger charge is -2.10. The van der Waals surface area contributed by atoms with Crippen LogP contribution in [0, 0.1) is 11.3 Å². The van der Waals surface area contributed by atoms with Crippen LogP contribution in [0.3, 0.4) is 0 Å². The van der Waals surface area contributed by atoms with Gasteiger partial charge in [-0.15, -0.1) is 0 Å². The lowest BCUT2D eigenvalue weighted by Crippen LogP contribution is -2.31. The summed E-state index contributed by atoms with van der Waals surface area (Å²) in [4.78, 5) is 0. The Hall–Kier alpha value is -2.24. The van der Waals surface area contributed by atoms with Gasteiger partial charge in [0.2, 0.25) is 5.96 Å². The van der Waals surface area contributed by atoms with Gasteiger partial charge in [0, 0.05) is 17.5 Å². The summed E-state index contributed by atoms with van der Waals surface area (Å²) in [6.45, 7) is 2.46. The van der Waals surface area contributed by atoms with Crippen molar-refractivity contribution < 1.29 is 10.2 Å². The van der Waals surface area contributed by atoms with Crippen molar-refractivity contribution in [2.45, 2.75) is 6.92 Å². The van der Waals surface area contributed by atoms with Crippen LogP contribution in [0.5, 0.6) is 11.5 Å². The minimum atomic E-state index is -0.120. The molecule has 0 saturated carbocycles. The molecule has 0 spiro atoms. The van der Waals surface area contributed by atoms with Crippen molar-refractivity contribution in [3.63, 3.8) is 0 Å². The van der Waals surface area contributed by atoms with E-state index in [0.29, 0.717) is 17.8 Å². The number of guanidine groups is 1. The number of rotatable bonds is 1. The van der Waals surface area contributed by atoms with Crippen LogP contribution in [0.1, 0.15) is 12.5 Å². The summed E-state index contributed by atoms with van der Waals surface area (Å²) in [6, 6.07) is 4.35. The molecule has 1 unspecified atom stereocenters. The van der Waals surface area contributed by atoms with Gasteiger partial charge in [-0.05, 0) is 12.1 Å². The standard InChI is InChI=1S/C11H14N4O2/c1-6-5-15(11(12)13)14-10(6)8-3-2-7(16)4-9(8)17/h2-4,6,16-17H,5H2,1H3,(H3,12,13). The Morgan fingerprint density at radius 2 is 2.24 bits per heavy atom. The molecule has 6 heteroatoms. The van der Waals surface area contributed by atoms with E-state index >= 15 is 0 Å². The molecular formula is C11H14N4O2. The molecule has 90 valence electrons. The third-order valence-electron chi connectivity index (χ3n) is 2.68. The molecular weight excluding hydrogens is 220 g/mol. The summed E-state index contributed by atoms with van der Waals surface area (Å²) >= 11 is 0. The van der Waals surface area contributed by atoms with Crippen LogP contribution in [0.4, 0.5) is 0 Å². The monoisotopic (exact) mass is 234 g/mol. The third-order valence-corrected chi connectivity index (χ3v) is 2.68. The van der Waals surface area contributed by atoms with Gasteiger partial charge in [-0.2, -0.15) is 5.10 Å². The Morgan fingerprint density at radius 3 is 2.76 bits per heavy atom. The van der Waals surface area contributed by atoms with Crippen molar-refractivity contribution in [3.05, 3.63) is 23.8 Å². The molecule has 1 aliphatic rings. The van der Waals surface area contributed by atoms with Crippen molar-refractivity contribution in [1.82, 2.24) is 5.01 Å². The molecule has 0 aromatic heterocycles. The fourth-order valence-corrected chi connectivity index (χ4v) is 1.82. The number of aromatic hydroxyl groups is 2. The molecule has 5 N–H and O–H groups in total. The zero-order valence-corrected chi connectivity index (χ0v) is 9.38. The lowest BCUT2D eigenvalue weighted by atomic mass is 9.98. The van der Waals surface area contributed by atoms with Gasteiger partial charge < -0.3 is 15.9 Å². The Balaban J connectivity index is 2.39. The molecule has 0 radical (unpaired) electrons. The average Bonchev–Trinajstić information content (AvgIpc) is 2.61. The molecule has 2 rings (SSSR count). The largest absolute Gasteiger partial charge is 0.508 e. The van der Waals surface area contributed by atoms with E-state index in [9.17, 15) is 10.2 Å². The molecule has 0 aliphatic carbocycles. The molecule has 1 heterocycles. The molecule has 1 aromatic rings. The maximum atomic E-state index is 9.75. The van der Waals surface area contributed by atoms with Crippen molar-refractivity contribution in [1.29, 1.82) is 5.41 Å². The highest BCUT2D eigenvalue weighted by Crippen LogP contribution is 2.28. The number of nitrogens with zero attached hydrogens (tertiary/aromatic N) is 2. The number of hydrazone groups is 1. The number of hydrogen-bond acceptors (Lipinski definition) is 4. The van der Waals surface area contributed by atoms with Crippen molar-refractivity contribution in [2.75, 3.05) is 6.54 Å². The van der Waals surface area contributed by atoms with Crippen LogP contribution < -0.4 is 5.73 Å². The van der Waals surface area contributed by atoms with E-state index in [1.165, 1.54) is 17.1 Å². The second kappa shape index (κ2) is 3.97. The van der Waals surface area contributed by atoms with Gasteiger partial charge in [0.15, 0.2) is 0 Å². The maximum absolute atomic E-state index is 9.75. The second-order valence-electron chi connectivity index (χ2n) is 4.06. The first kappa shape index (κ1) is 11.3. The molecule has 0 saturated heterocycles. The van der Waals surface area contributed by atoms with Gasteiger partial charge in [-0.3, -0.25) is 5.41 Å². The quantitative estimate of drug-likeness (QED) is 0.422. The van der Waals surface area contributed by atoms with Crippen molar-refractivity contribution >= 4 is 11.7 Å². The predicted octanol–water partition coefficient (Wildman–Crippen LogP) is 0.647. The van der Waals surface area contributed by atoms with Gasteiger partial charge >= 0.3 is 0 Å². The van der Waals surface area contributed by atoms with Crippen molar-refractivity contribution in [3.8, 4) is 11.5 Å². The highest BCUT2D eigenvalue weighted by Gasteiger charge is 2.27. The number of phenols is 2. The molecule has 0 amide bonds. The van der Waals surface area contributed by atoms with E-state index < -0.39 is 0 Å². The zero-order valence-electron chi connectivity index (χ0n) is 9.38. The number of nitrogens with one attached hydrogen (secondary N) is 1. The minimum Gasteiger partial charge on any atom is -0.508 e. The number of hydrogen-bond donors (Lipinski definition) is 4. The highest BCUT2D eigenvalue weighted by molar-refractivity contribution is 6.06. The number of nitrogens with two attached hydrogens (primary N) is 1. The number of phenolic OH excluding ortho intramolecular Hbond substituents is 2. The van der Waals surface area contributed by atoms with Crippen LogP contribution in [0.15, 0.2) is 23.3 Å². The molecule has 0 bridgehead atoms. The Morgan fingerprint density at radius 1 is 1.53 bits per heavy atom. The van der Waals surface area contributed by atoms with E-state index in [1.54, 1.807) is 6.07 Å². The Bertz CT molecular complexity index is 498. The second-order valence-corrected chi connectivity index (χ2v) is 4.06. The lowest BCUT2D eigenvalue weighted by molar-refractivity contribution is 0.448. The predicted molar refractivity (Wildman–Crippen MR) is 64.1 cm³/mol. The first-order chi connectivity index (χ1) is 7.99. The first-order valence-corrected chi connectivity index (χ1v) is 5.21. The Kier molecular flexibility index (Phi) is 2.63. The molecule has 17 heavy (non-hydrogen) atoms. The molecule has 1 aromatic carbocycles. The summed E-state index contributed by atoms with van der Waals surface area (Å²) in [5, 5.41) is 31.9. The summed E-state index contributed by atoms with van der Waals surface area (Å²) in [5.74, 6) is -0.0820. The maximum Gasteiger partial charge on any atom is 0.209 e. The number of benzene rings is 1. The summed E-state index contributed by atoms with van der Waals surface area (Å²) in [5.41, 5.74) is 6.58. The van der Waals surface area contributed by atoms with E-state index in [1.807, 2.05) is 6.92 Å². The topological polar surface area (TPSA) is 106 Å². The summed E-state index contributed by atoms with van der Waals surface area (Å²) < 4.78 is 0. The van der Waals surface area contributed by atoms with Gasteiger partial charge in [0.1, 0.15) is 11.5 Å². The van der Waals surface area contributed by atoms with E-state index in [4.69, 9.17) is 11.1 Å². The van der Waals surface area contributed by atoms with E-state index in [0.717, 1.165) is 0 Å². The van der Waals surface area contributed by atoms with Crippen LogP contribution in [0.25, 0.3) is 0 Å². The minimum absolute atomic E-state index is 0.000856. The van der Waals surface area contributed by atoms with Crippen LogP contribution >= 0.6 is 0 Å². The van der Waals surface area contributed by atoms with Crippen LogP contribution in [-0.4, -0.2) is 33.4 Å². The molecule has 0 fully saturated rings. The summed E-state index contributed by atoms with van der Waals surface area (Å²) in [7, 11) is 0. The third kappa shape index (κ3) is 2.01. The van der Waals surface area contributed by atoms with Crippen LogP contribution in [-0.2, 0) is 0 Å². The zero-order chi connectivity index (χ0) is 12.6. The van der Waals surface area contributed by atoms with E-state index in [2.05, 4.69) is 5.10 Å². The Labute approximate surface area is 98.5 Å². The fraction of sp³-hybridized carbons (Fsp3) is 0.273. The van der Waals surface area contributed by atoms with Gasteiger partial charge in [-0.25, -0.2) is 5.01 Å². The fourth-order valence-electron chi connectivity index (χ4n) is 1.82.